The number of furan rings is 1. The molecule has 2 aromatic rings. The van der Waals surface area contributed by atoms with Gasteiger partial charge >= 0.3 is 5.88 Å². The van der Waals surface area contributed by atoms with Gasteiger partial charge in [-0.15, -0.1) is 0 Å². The zero-order valence-corrected chi connectivity index (χ0v) is 16.3. The van der Waals surface area contributed by atoms with Gasteiger partial charge in [-0.25, -0.2) is 0 Å². The lowest BCUT2D eigenvalue weighted by Gasteiger charge is -2.15. The summed E-state index contributed by atoms with van der Waals surface area (Å²) in [6.45, 7) is 0. The molecule has 0 atom stereocenters. The molecule has 1 saturated heterocycles. The lowest BCUT2D eigenvalue weighted by molar-refractivity contribution is -0.402. The number of nitro benzene ring substituents is 1. The first-order valence-corrected chi connectivity index (χ1v) is 9.23. The van der Waals surface area contributed by atoms with Gasteiger partial charge in [0.25, 0.3) is 17.5 Å². The Morgan fingerprint density at radius 1 is 1.13 bits per heavy atom. The summed E-state index contributed by atoms with van der Waals surface area (Å²) in [6, 6.07) is 7.45. The molecule has 1 aromatic heterocycles. The fourth-order valence-electron chi connectivity index (χ4n) is 2.24. The molecule has 2 amide bonds. The van der Waals surface area contributed by atoms with Crippen LogP contribution in [0, 0.1) is 20.2 Å². The molecule has 13 heteroatoms. The molecule has 3 rings (SSSR count). The second-order valence-electron chi connectivity index (χ2n) is 5.58. The second-order valence-corrected chi connectivity index (χ2v) is 7.25. The molecule has 2 heterocycles. The van der Waals surface area contributed by atoms with Crippen molar-refractivity contribution < 1.29 is 23.9 Å². The maximum atomic E-state index is 12.5. The van der Waals surface area contributed by atoms with E-state index in [1.54, 1.807) is 0 Å². The van der Waals surface area contributed by atoms with Crippen LogP contribution in [-0.4, -0.2) is 31.0 Å². The number of thioether (sulfide) groups is 1. The Morgan fingerprint density at radius 2 is 1.83 bits per heavy atom. The number of benzene rings is 1. The fraction of sp³-hybridized carbons (Fsp3) is 0. The molecule has 11 nitrogen and oxygen atoms in total. The van der Waals surface area contributed by atoms with E-state index in [1.807, 2.05) is 0 Å². The van der Waals surface area contributed by atoms with Gasteiger partial charge in [-0.2, -0.15) is 5.01 Å². The molecule has 0 saturated carbocycles. The molecule has 0 unspecified atom stereocenters. The van der Waals surface area contributed by atoms with Gasteiger partial charge in [0, 0.05) is 17.7 Å². The van der Waals surface area contributed by atoms with Crippen molar-refractivity contribution in [2.24, 2.45) is 0 Å². The van der Waals surface area contributed by atoms with Crippen molar-refractivity contribution in [3.8, 4) is 0 Å². The van der Waals surface area contributed by atoms with Crippen LogP contribution in [0.1, 0.15) is 16.1 Å². The normalized spacial score (nSPS) is 15.2. The largest absolute Gasteiger partial charge is 0.433 e. The Labute approximate surface area is 177 Å². The van der Waals surface area contributed by atoms with Gasteiger partial charge in [-0.1, -0.05) is 17.8 Å². The SMILES string of the molecule is O=C(NN1C(=O)/C(=C/C=C/c2ccc([N+](=O)[O-])o2)SC1=S)c1ccc([N+](=O)[O-])cc1. The Kier molecular flexibility index (Phi) is 6.03. The molecule has 1 aromatic carbocycles. The smallest absolute Gasteiger partial charge is 0.401 e. The Balaban J connectivity index is 1.66. The fourth-order valence-corrected chi connectivity index (χ4v) is 3.37. The van der Waals surface area contributed by atoms with Crippen molar-refractivity contribution in [1.82, 2.24) is 10.4 Å². The van der Waals surface area contributed by atoms with Crippen LogP contribution >= 0.6 is 24.0 Å². The van der Waals surface area contributed by atoms with Gasteiger partial charge in [0.05, 0.1) is 15.9 Å². The zero-order valence-electron chi connectivity index (χ0n) is 14.7. The maximum absolute atomic E-state index is 12.5. The number of nitro groups is 2. The van der Waals surface area contributed by atoms with Gasteiger partial charge in [-0.3, -0.25) is 35.2 Å². The summed E-state index contributed by atoms with van der Waals surface area (Å²) >= 11 is 6.04. The highest BCUT2D eigenvalue weighted by molar-refractivity contribution is 8.26. The summed E-state index contributed by atoms with van der Waals surface area (Å²) in [4.78, 5) is 45.0. The van der Waals surface area contributed by atoms with E-state index < -0.39 is 27.5 Å². The monoisotopic (exact) mass is 446 g/mol. The van der Waals surface area contributed by atoms with E-state index in [4.69, 9.17) is 16.6 Å². The number of hydrogen-bond donors (Lipinski definition) is 1. The minimum atomic E-state index is -0.671. The van der Waals surface area contributed by atoms with E-state index in [-0.39, 0.29) is 26.2 Å². The van der Waals surface area contributed by atoms with Crippen molar-refractivity contribution in [3.63, 3.8) is 0 Å². The molecular formula is C17H10N4O7S2. The van der Waals surface area contributed by atoms with Crippen LogP contribution in [0.15, 0.2) is 57.9 Å². The summed E-state index contributed by atoms with van der Waals surface area (Å²) in [6.07, 6.45) is 4.30. The molecule has 0 spiro atoms. The van der Waals surface area contributed by atoms with E-state index in [2.05, 4.69) is 5.43 Å². The average Bonchev–Trinajstić information content (AvgIpc) is 3.29. The highest BCUT2D eigenvalue weighted by atomic mass is 32.2. The molecule has 152 valence electrons. The summed E-state index contributed by atoms with van der Waals surface area (Å²) < 4.78 is 5.05. The van der Waals surface area contributed by atoms with Crippen LogP contribution in [0.2, 0.25) is 0 Å². The highest BCUT2D eigenvalue weighted by Crippen LogP contribution is 2.30. The Hall–Kier alpha value is -3.84. The first kappa shape index (κ1) is 20.9. The second kappa shape index (κ2) is 8.67. The Morgan fingerprint density at radius 3 is 2.43 bits per heavy atom. The third-order valence-electron chi connectivity index (χ3n) is 3.65. The first-order chi connectivity index (χ1) is 14.3. The molecule has 1 N–H and O–H groups in total. The minimum Gasteiger partial charge on any atom is -0.401 e. The third-order valence-corrected chi connectivity index (χ3v) is 4.97. The topological polar surface area (TPSA) is 149 Å². The molecule has 1 aliphatic rings. The highest BCUT2D eigenvalue weighted by Gasteiger charge is 2.33. The summed E-state index contributed by atoms with van der Waals surface area (Å²) in [5.74, 6) is -1.42. The quantitative estimate of drug-likeness (QED) is 0.305. The van der Waals surface area contributed by atoms with Crippen LogP contribution in [0.5, 0.6) is 0 Å². The third kappa shape index (κ3) is 4.59. The first-order valence-electron chi connectivity index (χ1n) is 8.00. The van der Waals surface area contributed by atoms with Gasteiger partial charge in [0.1, 0.15) is 10.7 Å². The van der Waals surface area contributed by atoms with Crippen LogP contribution in [-0.2, 0) is 4.79 Å². The van der Waals surface area contributed by atoms with Crippen LogP contribution < -0.4 is 5.43 Å². The van der Waals surface area contributed by atoms with Crippen molar-refractivity contribution in [2.45, 2.75) is 0 Å². The molecule has 1 fully saturated rings. The predicted octanol–water partition coefficient (Wildman–Crippen LogP) is 3.20. The molecule has 0 radical (unpaired) electrons. The molecule has 0 aliphatic carbocycles. The number of allylic oxidation sites excluding steroid dienone is 2. The van der Waals surface area contributed by atoms with Crippen molar-refractivity contribution in [1.29, 1.82) is 0 Å². The molecular weight excluding hydrogens is 436 g/mol. The maximum Gasteiger partial charge on any atom is 0.433 e. The standard InChI is InChI=1S/C17H10N4O7S2/c22-15(10-4-6-11(7-5-10)20(24)25)18-19-16(23)13(30-17(19)29)3-1-2-12-8-9-14(28-12)21(26)27/h1-9H,(H,18,22)/b2-1+,13-3-. The number of thiocarbonyl (C=S) groups is 1. The van der Waals surface area contributed by atoms with Crippen molar-refractivity contribution in [2.75, 3.05) is 0 Å². The summed E-state index contributed by atoms with van der Waals surface area (Å²) in [5, 5.41) is 22.2. The van der Waals surface area contributed by atoms with E-state index >= 15 is 0 Å². The lowest BCUT2D eigenvalue weighted by atomic mass is 10.2. The summed E-state index contributed by atoms with van der Waals surface area (Å²) in [5.41, 5.74) is 2.29. The number of carbonyl (C=O) groups excluding carboxylic acids is 2. The molecule has 30 heavy (non-hydrogen) atoms. The van der Waals surface area contributed by atoms with Gasteiger partial charge in [-0.05, 0) is 42.6 Å². The number of hydrazine groups is 1. The number of non-ortho nitro benzene ring substituents is 1. The zero-order chi connectivity index (χ0) is 21.8. The van der Waals surface area contributed by atoms with Crippen LogP contribution in [0.3, 0.4) is 0 Å². The van der Waals surface area contributed by atoms with E-state index in [0.717, 1.165) is 16.8 Å². The van der Waals surface area contributed by atoms with E-state index in [0.29, 0.717) is 0 Å². The minimum absolute atomic E-state index is 0.0866. The van der Waals surface area contributed by atoms with Gasteiger partial charge < -0.3 is 4.42 Å². The van der Waals surface area contributed by atoms with E-state index in [1.165, 1.54) is 54.6 Å². The number of nitrogens with one attached hydrogen (secondary N) is 1. The van der Waals surface area contributed by atoms with Crippen molar-refractivity contribution >= 4 is 57.8 Å². The number of nitrogens with zero attached hydrogens (tertiary/aromatic N) is 3. The number of hydrogen-bond acceptors (Lipinski definition) is 9. The van der Waals surface area contributed by atoms with E-state index in [9.17, 15) is 29.8 Å². The van der Waals surface area contributed by atoms with Crippen LogP contribution in [0.4, 0.5) is 11.6 Å². The van der Waals surface area contributed by atoms with Gasteiger partial charge in [0.2, 0.25) is 0 Å². The van der Waals surface area contributed by atoms with Crippen LogP contribution in [0.25, 0.3) is 6.08 Å². The lowest BCUT2D eigenvalue weighted by Crippen LogP contribution is -2.44. The molecule has 0 bridgehead atoms. The van der Waals surface area contributed by atoms with Crippen molar-refractivity contribution in [3.05, 3.63) is 85.0 Å². The number of rotatable bonds is 6. The predicted molar refractivity (Wildman–Crippen MR) is 110 cm³/mol. The molecule has 1 aliphatic heterocycles. The average molecular weight is 446 g/mol. The number of amides is 2. The van der Waals surface area contributed by atoms with Gasteiger partial charge in [0.15, 0.2) is 4.32 Å². The Bertz CT molecular complexity index is 1120. The summed E-state index contributed by atoms with van der Waals surface area (Å²) in [7, 11) is 0. The number of carbonyl (C=O) groups is 2.